The van der Waals surface area contributed by atoms with Crippen molar-refractivity contribution in [3.05, 3.63) is 70.8 Å². The van der Waals surface area contributed by atoms with E-state index in [0.29, 0.717) is 17.7 Å². The highest BCUT2D eigenvalue weighted by atomic mass is 19.4. The van der Waals surface area contributed by atoms with Crippen LogP contribution in [0.4, 0.5) is 32.0 Å². The van der Waals surface area contributed by atoms with Crippen LogP contribution in [-0.2, 0) is 5.60 Å². The lowest BCUT2D eigenvalue weighted by atomic mass is 9.92. The predicted molar refractivity (Wildman–Crippen MR) is 95.5 cm³/mol. The molecule has 0 atom stereocenters. The third-order valence-electron chi connectivity index (χ3n) is 4.65. The van der Waals surface area contributed by atoms with Crippen LogP contribution >= 0.6 is 0 Å². The molecule has 1 aliphatic rings. The zero-order valence-corrected chi connectivity index (χ0v) is 15.1. The maximum atomic E-state index is 12.9. The van der Waals surface area contributed by atoms with Gasteiger partial charge in [0.05, 0.1) is 17.0 Å². The standard InChI is InChI=1S/C20H13F6NO3/c1-10(15-16(28)13-4-2-3-5-14(13)17(15)29)27-12-8-6-11(7-9-12)18(30,19(21,22)23)20(24,25)26/h2-9,28,30H,1H3. The second-order valence-corrected chi connectivity index (χ2v) is 6.55. The molecule has 0 saturated carbocycles. The van der Waals surface area contributed by atoms with Gasteiger partial charge in [-0.3, -0.25) is 9.79 Å². The molecule has 0 saturated heterocycles. The van der Waals surface area contributed by atoms with Crippen molar-refractivity contribution in [1.82, 2.24) is 0 Å². The van der Waals surface area contributed by atoms with Gasteiger partial charge in [0, 0.05) is 16.7 Å². The molecule has 2 aromatic carbocycles. The maximum absolute atomic E-state index is 12.9. The summed E-state index contributed by atoms with van der Waals surface area (Å²) in [5.74, 6) is -0.832. The lowest BCUT2D eigenvalue weighted by molar-refractivity contribution is -0.376. The first-order chi connectivity index (χ1) is 13.8. The second-order valence-electron chi connectivity index (χ2n) is 6.55. The Labute approximate surface area is 165 Å². The number of alkyl halides is 6. The van der Waals surface area contributed by atoms with Gasteiger partial charge in [-0.2, -0.15) is 26.3 Å². The van der Waals surface area contributed by atoms with Gasteiger partial charge in [0.2, 0.25) is 0 Å². The van der Waals surface area contributed by atoms with E-state index in [0.717, 1.165) is 12.1 Å². The topological polar surface area (TPSA) is 69.9 Å². The fourth-order valence-electron chi connectivity index (χ4n) is 3.11. The van der Waals surface area contributed by atoms with Crippen molar-refractivity contribution in [3.63, 3.8) is 0 Å². The Balaban J connectivity index is 1.97. The van der Waals surface area contributed by atoms with E-state index in [1.807, 2.05) is 0 Å². The highest BCUT2D eigenvalue weighted by Crippen LogP contribution is 2.50. The van der Waals surface area contributed by atoms with E-state index in [1.54, 1.807) is 12.1 Å². The Morgan fingerprint density at radius 1 is 0.867 bits per heavy atom. The molecule has 2 N–H and O–H groups in total. The number of ketones is 1. The van der Waals surface area contributed by atoms with Gasteiger partial charge in [0.25, 0.3) is 5.60 Å². The van der Waals surface area contributed by atoms with Crippen LogP contribution in [0.25, 0.3) is 5.76 Å². The van der Waals surface area contributed by atoms with Gasteiger partial charge in [-0.15, -0.1) is 0 Å². The number of carbonyl (C=O) groups is 1. The van der Waals surface area contributed by atoms with Crippen LogP contribution in [0, 0.1) is 0 Å². The predicted octanol–water partition coefficient (Wildman–Crippen LogP) is 5.26. The van der Waals surface area contributed by atoms with Gasteiger partial charge < -0.3 is 10.2 Å². The Hall–Kier alpha value is -3.14. The number of carbonyl (C=O) groups excluding carboxylic acids is 1. The van der Waals surface area contributed by atoms with Crippen molar-refractivity contribution < 1.29 is 41.4 Å². The molecule has 158 valence electrons. The smallest absolute Gasteiger partial charge is 0.430 e. The number of nitrogens with zero attached hydrogens (tertiary/aromatic N) is 1. The Morgan fingerprint density at radius 2 is 1.37 bits per heavy atom. The number of aliphatic imine (C=N–C) groups is 1. The van der Waals surface area contributed by atoms with E-state index < -0.39 is 29.3 Å². The zero-order chi connectivity index (χ0) is 22.5. The molecule has 3 rings (SSSR count). The molecule has 0 bridgehead atoms. The molecule has 4 nitrogen and oxygen atoms in total. The van der Waals surface area contributed by atoms with Crippen LogP contribution < -0.4 is 0 Å². The Morgan fingerprint density at radius 3 is 1.83 bits per heavy atom. The van der Waals surface area contributed by atoms with E-state index in [-0.39, 0.29) is 28.3 Å². The molecule has 0 heterocycles. The van der Waals surface area contributed by atoms with Crippen LogP contribution in [0.5, 0.6) is 0 Å². The summed E-state index contributed by atoms with van der Waals surface area (Å²) < 4.78 is 77.7. The third kappa shape index (κ3) is 3.26. The minimum Gasteiger partial charge on any atom is -0.506 e. The Bertz CT molecular complexity index is 1050. The Kier molecular flexibility index (Phi) is 5.02. The summed E-state index contributed by atoms with van der Waals surface area (Å²) in [6.45, 7) is 1.37. The number of hydrogen-bond donors (Lipinski definition) is 2. The van der Waals surface area contributed by atoms with E-state index in [2.05, 4.69) is 4.99 Å². The third-order valence-corrected chi connectivity index (χ3v) is 4.65. The number of benzene rings is 2. The fourth-order valence-corrected chi connectivity index (χ4v) is 3.11. The SMILES string of the molecule is CC(=Nc1ccc(C(O)(C(F)(F)F)C(F)(F)F)cc1)C1=C(O)c2ccccc2C1=O. The summed E-state index contributed by atoms with van der Waals surface area (Å²) in [5.41, 5.74) is -6.11. The van der Waals surface area contributed by atoms with Crippen LogP contribution in [-0.4, -0.2) is 34.1 Å². The molecule has 10 heteroatoms. The highest BCUT2D eigenvalue weighted by molar-refractivity contribution is 6.35. The molecule has 0 radical (unpaired) electrons. The van der Waals surface area contributed by atoms with Crippen molar-refractivity contribution >= 4 is 22.9 Å². The molecule has 0 aromatic heterocycles. The summed E-state index contributed by atoms with van der Waals surface area (Å²) in [4.78, 5) is 16.5. The minimum absolute atomic E-state index is 0.0170. The molecule has 0 unspecified atom stereocenters. The molecule has 0 fully saturated rings. The lowest BCUT2D eigenvalue weighted by Gasteiger charge is -2.32. The highest BCUT2D eigenvalue weighted by Gasteiger charge is 2.71. The first-order valence-corrected chi connectivity index (χ1v) is 8.38. The van der Waals surface area contributed by atoms with Gasteiger partial charge in [-0.05, 0) is 19.1 Å². The number of Topliss-reactive ketones (excluding diaryl/α,β-unsaturated/α-hetero) is 1. The summed E-state index contributed by atoms with van der Waals surface area (Å²) >= 11 is 0. The lowest BCUT2D eigenvalue weighted by Crippen LogP contribution is -2.53. The molecule has 1 aliphatic carbocycles. The van der Waals surface area contributed by atoms with Crippen molar-refractivity contribution in [2.75, 3.05) is 0 Å². The normalized spacial score (nSPS) is 15.6. The average Bonchev–Trinajstić information content (AvgIpc) is 2.91. The average molecular weight is 429 g/mol. The van der Waals surface area contributed by atoms with Crippen LogP contribution in [0.15, 0.2) is 59.1 Å². The van der Waals surface area contributed by atoms with Gasteiger partial charge in [-0.1, -0.05) is 36.4 Å². The first-order valence-electron chi connectivity index (χ1n) is 8.38. The number of aliphatic hydroxyl groups is 2. The number of halogens is 6. The molecular weight excluding hydrogens is 416 g/mol. The van der Waals surface area contributed by atoms with Gasteiger partial charge in [0.15, 0.2) is 5.78 Å². The molecular formula is C20H13F6NO3. The van der Waals surface area contributed by atoms with Gasteiger partial charge in [-0.25, -0.2) is 0 Å². The number of rotatable bonds is 3. The summed E-state index contributed by atoms with van der Waals surface area (Å²) in [6.07, 6.45) is -12.0. The van der Waals surface area contributed by atoms with Crippen molar-refractivity contribution in [1.29, 1.82) is 0 Å². The molecule has 2 aromatic rings. The van der Waals surface area contributed by atoms with Crippen LogP contribution in [0.2, 0.25) is 0 Å². The van der Waals surface area contributed by atoms with Gasteiger partial charge in [0.1, 0.15) is 5.76 Å². The molecule has 30 heavy (non-hydrogen) atoms. The van der Waals surface area contributed by atoms with Crippen molar-refractivity contribution in [3.8, 4) is 0 Å². The fraction of sp³-hybridized carbons (Fsp3) is 0.200. The first kappa shape index (κ1) is 21.6. The molecule has 0 spiro atoms. The van der Waals surface area contributed by atoms with E-state index in [1.165, 1.54) is 19.1 Å². The quantitative estimate of drug-likeness (QED) is 0.517. The van der Waals surface area contributed by atoms with Crippen molar-refractivity contribution in [2.24, 2.45) is 4.99 Å². The molecule has 0 aliphatic heterocycles. The van der Waals surface area contributed by atoms with E-state index >= 15 is 0 Å². The second kappa shape index (κ2) is 6.98. The van der Waals surface area contributed by atoms with E-state index in [4.69, 9.17) is 0 Å². The van der Waals surface area contributed by atoms with Gasteiger partial charge >= 0.3 is 12.4 Å². The zero-order valence-electron chi connectivity index (χ0n) is 15.1. The maximum Gasteiger partial charge on any atom is 0.430 e. The summed E-state index contributed by atoms with van der Waals surface area (Å²) in [5, 5.41) is 19.7. The largest absolute Gasteiger partial charge is 0.506 e. The van der Waals surface area contributed by atoms with Crippen LogP contribution in [0.3, 0.4) is 0 Å². The monoisotopic (exact) mass is 429 g/mol. The summed E-state index contributed by atoms with van der Waals surface area (Å²) in [7, 11) is 0. The van der Waals surface area contributed by atoms with Crippen molar-refractivity contribution in [2.45, 2.75) is 24.9 Å². The minimum atomic E-state index is -6.00. The van der Waals surface area contributed by atoms with Crippen LogP contribution in [0.1, 0.15) is 28.4 Å². The number of aliphatic hydroxyl groups excluding tert-OH is 1. The number of hydrogen-bond acceptors (Lipinski definition) is 4. The molecule has 0 amide bonds. The number of allylic oxidation sites excluding steroid dienone is 1. The summed E-state index contributed by atoms with van der Waals surface area (Å²) in [6, 6.07) is 8.81. The number of fused-ring (bicyclic) bond motifs is 1. The van der Waals surface area contributed by atoms with E-state index in [9.17, 15) is 41.4 Å².